The van der Waals surface area contributed by atoms with E-state index >= 15 is 0 Å². The minimum Gasteiger partial charge on any atom is -0.450 e. The first-order valence-electron chi connectivity index (χ1n) is 15.8. The Morgan fingerprint density at radius 3 is 1.91 bits per heavy atom. The van der Waals surface area contributed by atoms with Crippen LogP contribution in [0.1, 0.15) is 0 Å². The largest absolute Gasteiger partial charge is 0.450 e. The van der Waals surface area contributed by atoms with Crippen LogP contribution in [0.15, 0.2) is 150 Å². The zero-order valence-electron chi connectivity index (χ0n) is 25.1. The maximum absolute atomic E-state index is 6.62. The summed E-state index contributed by atoms with van der Waals surface area (Å²) in [4.78, 5) is 13.1. The lowest BCUT2D eigenvalue weighted by Crippen LogP contribution is -2.18. The molecule has 0 unspecified atom stereocenters. The Balaban J connectivity index is 1.31. The molecule has 0 spiro atoms. The molecule has 7 aromatic carbocycles. The van der Waals surface area contributed by atoms with Crippen molar-refractivity contribution in [3.8, 4) is 16.9 Å². The Labute approximate surface area is 268 Å². The normalized spacial score (nSPS) is 12.6. The summed E-state index contributed by atoms with van der Waals surface area (Å²) in [5.41, 5.74) is 8.85. The van der Waals surface area contributed by atoms with Gasteiger partial charge < -0.3 is 4.42 Å². The van der Waals surface area contributed by atoms with Gasteiger partial charge in [-0.15, -0.1) is 0 Å². The van der Waals surface area contributed by atoms with Crippen molar-refractivity contribution in [3.05, 3.63) is 146 Å². The second kappa shape index (κ2) is 9.05. The zero-order chi connectivity index (χ0) is 30.6. The molecular formula is C42H24N4O. The smallest absolute Gasteiger partial charge is 0.237 e. The molecule has 11 rings (SSSR count). The number of furan rings is 1. The van der Waals surface area contributed by atoms with Crippen molar-refractivity contribution in [1.29, 1.82) is 0 Å². The number of rotatable bonds is 2. The quantitative estimate of drug-likeness (QED) is 0.198. The van der Waals surface area contributed by atoms with E-state index in [1.165, 1.54) is 37.9 Å². The van der Waals surface area contributed by atoms with Crippen LogP contribution in [0.5, 0.6) is 0 Å². The number of benzene rings is 7. The van der Waals surface area contributed by atoms with E-state index in [-0.39, 0.29) is 0 Å². The van der Waals surface area contributed by atoms with Crippen LogP contribution in [-0.4, -0.2) is 14.5 Å². The van der Waals surface area contributed by atoms with Gasteiger partial charge in [0, 0.05) is 27.1 Å². The van der Waals surface area contributed by atoms with Gasteiger partial charge in [0.25, 0.3) is 0 Å². The first kappa shape index (κ1) is 24.8. The first-order valence-corrected chi connectivity index (χ1v) is 15.8. The average Bonchev–Trinajstić information content (AvgIpc) is 3.67. The topological polar surface area (TPSA) is 47.1 Å². The van der Waals surface area contributed by atoms with Gasteiger partial charge in [-0.1, -0.05) is 103 Å². The molecule has 0 aliphatic carbocycles. The number of para-hydroxylation sites is 3. The molecule has 0 saturated heterocycles. The molecule has 0 bridgehead atoms. The van der Waals surface area contributed by atoms with Crippen LogP contribution in [-0.2, 0) is 0 Å². The van der Waals surface area contributed by atoms with Gasteiger partial charge in [0.1, 0.15) is 11.1 Å². The molecule has 1 aliphatic rings. The Morgan fingerprint density at radius 2 is 1.13 bits per heavy atom. The molecule has 0 amide bonds. The highest BCUT2D eigenvalue weighted by molar-refractivity contribution is 6.16. The minimum atomic E-state index is 0.597. The molecule has 0 N–H and O–H groups in total. The SMILES string of the molecule is c1ccc2cc3c(cc2c1)-c1cccc2cccc(c12)N3c1nc(-n2c3ccccc3c3ccccc32)c2oc3ccccc3c2n1. The molecule has 1 aliphatic heterocycles. The van der Waals surface area contributed by atoms with Gasteiger partial charge in [0.05, 0.1) is 22.4 Å². The van der Waals surface area contributed by atoms with E-state index in [1.807, 2.05) is 18.2 Å². The van der Waals surface area contributed by atoms with Crippen molar-refractivity contribution in [3.63, 3.8) is 0 Å². The lowest BCUT2D eigenvalue weighted by atomic mass is 9.90. The molecule has 5 heteroatoms. The third-order valence-electron chi connectivity index (χ3n) is 9.70. The summed E-state index contributed by atoms with van der Waals surface area (Å²) < 4.78 is 8.86. The predicted octanol–water partition coefficient (Wildman–Crippen LogP) is 11.2. The fourth-order valence-corrected chi connectivity index (χ4v) is 7.67. The molecule has 47 heavy (non-hydrogen) atoms. The maximum Gasteiger partial charge on any atom is 0.237 e. The number of nitrogens with zero attached hydrogens (tertiary/aromatic N) is 4. The van der Waals surface area contributed by atoms with Crippen LogP contribution in [0.2, 0.25) is 0 Å². The monoisotopic (exact) mass is 600 g/mol. The lowest BCUT2D eigenvalue weighted by molar-refractivity contribution is 0.662. The van der Waals surface area contributed by atoms with Crippen LogP contribution < -0.4 is 4.90 Å². The van der Waals surface area contributed by atoms with Crippen LogP contribution in [0.25, 0.3) is 82.4 Å². The van der Waals surface area contributed by atoms with E-state index in [0.717, 1.165) is 44.5 Å². The van der Waals surface area contributed by atoms with Crippen LogP contribution in [0.3, 0.4) is 0 Å². The van der Waals surface area contributed by atoms with Gasteiger partial charge in [0.2, 0.25) is 5.95 Å². The summed E-state index contributed by atoms with van der Waals surface area (Å²) in [6.45, 7) is 0. The molecule has 5 nitrogen and oxygen atoms in total. The number of hydrogen-bond donors (Lipinski definition) is 0. The Kier molecular flexibility index (Phi) is 4.78. The third-order valence-corrected chi connectivity index (χ3v) is 9.70. The number of hydrogen-bond acceptors (Lipinski definition) is 4. The Morgan fingerprint density at radius 1 is 0.489 bits per heavy atom. The summed E-state index contributed by atoms with van der Waals surface area (Å²) in [5, 5.41) is 8.04. The molecule has 4 heterocycles. The summed E-state index contributed by atoms with van der Waals surface area (Å²) >= 11 is 0. The highest BCUT2D eigenvalue weighted by atomic mass is 16.3. The van der Waals surface area contributed by atoms with Crippen molar-refractivity contribution in [1.82, 2.24) is 14.5 Å². The Bertz CT molecular complexity index is 2870. The molecule has 0 radical (unpaired) electrons. The van der Waals surface area contributed by atoms with Crippen molar-refractivity contribution >= 4 is 82.7 Å². The summed E-state index contributed by atoms with van der Waals surface area (Å²) in [5.74, 6) is 1.31. The molecule has 218 valence electrons. The molecule has 0 atom stereocenters. The second-order valence-electron chi connectivity index (χ2n) is 12.2. The van der Waals surface area contributed by atoms with Gasteiger partial charge in [-0.05, 0) is 64.2 Å². The van der Waals surface area contributed by atoms with E-state index in [4.69, 9.17) is 14.4 Å². The van der Waals surface area contributed by atoms with E-state index in [2.05, 4.69) is 137 Å². The highest BCUT2D eigenvalue weighted by Gasteiger charge is 2.30. The van der Waals surface area contributed by atoms with E-state index in [9.17, 15) is 0 Å². The van der Waals surface area contributed by atoms with Gasteiger partial charge >= 0.3 is 0 Å². The van der Waals surface area contributed by atoms with Gasteiger partial charge in [-0.3, -0.25) is 9.47 Å². The summed E-state index contributed by atoms with van der Waals surface area (Å²) in [6.07, 6.45) is 0. The predicted molar refractivity (Wildman–Crippen MR) is 192 cm³/mol. The zero-order valence-corrected chi connectivity index (χ0v) is 25.1. The standard InChI is InChI=1S/C42H24N4O/c1-2-12-27-24-36-32(23-26(27)11-1)30-18-9-13-25-14-10-21-35(38(25)30)46(36)42-43-39-31-17-5-8-22-37(31)47-40(39)41(44-42)45-33-19-6-3-15-28(33)29-16-4-7-20-34(29)45/h1-24H. The fourth-order valence-electron chi connectivity index (χ4n) is 7.67. The molecule has 3 aromatic heterocycles. The van der Waals surface area contributed by atoms with Crippen LogP contribution in [0, 0.1) is 0 Å². The van der Waals surface area contributed by atoms with Crippen molar-refractivity contribution in [2.24, 2.45) is 0 Å². The Hall–Kier alpha value is -6.46. The number of anilines is 3. The molecule has 0 saturated carbocycles. The minimum absolute atomic E-state index is 0.597. The van der Waals surface area contributed by atoms with E-state index in [0.29, 0.717) is 17.3 Å². The number of fused-ring (bicyclic) bond motifs is 9. The number of aromatic nitrogens is 3. The van der Waals surface area contributed by atoms with Crippen LogP contribution >= 0.6 is 0 Å². The first-order chi connectivity index (χ1) is 23.3. The third kappa shape index (κ3) is 3.32. The van der Waals surface area contributed by atoms with E-state index in [1.54, 1.807) is 0 Å². The van der Waals surface area contributed by atoms with E-state index < -0.39 is 0 Å². The highest BCUT2D eigenvalue weighted by Crippen LogP contribution is 2.52. The van der Waals surface area contributed by atoms with Gasteiger partial charge in [0.15, 0.2) is 11.4 Å². The maximum atomic E-state index is 6.62. The van der Waals surface area contributed by atoms with Crippen molar-refractivity contribution in [2.45, 2.75) is 0 Å². The van der Waals surface area contributed by atoms with Gasteiger partial charge in [-0.25, -0.2) is 4.98 Å². The second-order valence-corrected chi connectivity index (χ2v) is 12.2. The average molecular weight is 601 g/mol. The molecule has 10 aromatic rings. The van der Waals surface area contributed by atoms with Crippen LogP contribution in [0.4, 0.5) is 17.3 Å². The summed E-state index contributed by atoms with van der Waals surface area (Å²) in [6, 6.07) is 51.3. The molecular weight excluding hydrogens is 576 g/mol. The fraction of sp³-hybridized carbons (Fsp3) is 0. The van der Waals surface area contributed by atoms with Crippen molar-refractivity contribution in [2.75, 3.05) is 4.90 Å². The van der Waals surface area contributed by atoms with Gasteiger partial charge in [-0.2, -0.15) is 4.98 Å². The lowest BCUT2D eigenvalue weighted by Gasteiger charge is -2.32. The van der Waals surface area contributed by atoms with Crippen molar-refractivity contribution < 1.29 is 4.42 Å². The molecule has 0 fully saturated rings. The summed E-state index contributed by atoms with van der Waals surface area (Å²) in [7, 11) is 0.